The normalized spacial score (nSPS) is 12.3. The zero-order valence-corrected chi connectivity index (χ0v) is 38.4. The average Bonchev–Trinajstić information content (AvgIpc) is 3.00. The van der Waals surface area contributed by atoms with Crippen molar-refractivity contribution in [2.75, 3.05) is 0 Å². The monoisotopic (exact) mass is 780 g/mol. The maximum atomic E-state index is 6.73. The van der Waals surface area contributed by atoms with Gasteiger partial charge in [-0.15, -0.1) is 22.2 Å². The Morgan fingerprint density at radius 2 is 0.537 bits per heavy atom. The number of hydrogen-bond donors (Lipinski definition) is 0. The zero-order chi connectivity index (χ0) is 39.6. The molecule has 0 saturated heterocycles. The van der Waals surface area contributed by atoms with Crippen LogP contribution in [0, 0.1) is 59.7 Å². The largest absolute Gasteiger partial charge is 0.456 e. The molecule has 4 aromatic rings. The van der Waals surface area contributed by atoms with E-state index < -0.39 is 32.3 Å². The summed E-state index contributed by atoms with van der Waals surface area (Å²) in [6.45, 7) is 30.8. The molecule has 0 aromatic heterocycles. The molecule has 0 unspecified atom stereocenters. The minimum atomic E-state index is -1.73. The van der Waals surface area contributed by atoms with Crippen LogP contribution < -0.4 is 18.9 Å². The van der Waals surface area contributed by atoms with E-state index in [0.717, 1.165) is 33.4 Å². The Morgan fingerprint density at radius 1 is 0.315 bits per heavy atom. The van der Waals surface area contributed by atoms with Crippen LogP contribution in [-0.4, -0.2) is 32.3 Å². The lowest BCUT2D eigenvalue weighted by atomic mass is 10.1. The molecule has 8 heteroatoms. The molecule has 0 N–H and O–H groups in total. The van der Waals surface area contributed by atoms with Crippen LogP contribution in [0.15, 0.2) is 60.7 Å². The Kier molecular flexibility index (Phi) is 11.6. The van der Waals surface area contributed by atoms with Crippen molar-refractivity contribution < 1.29 is 18.9 Å². The first-order valence-electron chi connectivity index (χ1n) is 18.4. The predicted octanol–water partition coefficient (Wildman–Crippen LogP) is 12.7. The lowest BCUT2D eigenvalue weighted by Gasteiger charge is -2.18. The maximum Gasteiger partial charge on any atom is 0.146 e. The highest BCUT2D eigenvalue weighted by molar-refractivity contribution is 6.85. The van der Waals surface area contributed by atoms with Crippen molar-refractivity contribution in [1.29, 1.82) is 0 Å². The fraction of sp³-hybridized carbons (Fsp3) is 0.304. The van der Waals surface area contributed by atoms with Gasteiger partial charge in [-0.25, -0.2) is 0 Å². The molecule has 1 aliphatic heterocycles. The van der Waals surface area contributed by atoms with Crippen molar-refractivity contribution in [2.45, 2.75) is 92.4 Å². The van der Waals surface area contributed by atoms with Crippen LogP contribution in [0.25, 0.3) is 0 Å². The SMILES string of the molecule is Cc1cc2cc(c1)Oc1cc(c(C#C[Si](C)(C)C)cc1C#C[Si](C)(C)C)Oc1cc(C)cc(c1)Oc1cc(c(C#C[Si](C)(C)C)cc1C#C[Si](C)(C)C)O2. The number of rotatable bonds is 0. The number of ether oxygens (including phenoxy) is 4. The molecule has 0 aliphatic carbocycles. The first-order chi connectivity index (χ1) is 25.0. The molecule has 0 atom stereocenters. The van der Waals surface area contributed by atoms with Crippen molar-refractivity contribution in [3.05, 3.63) is 94.0 Å². The third kappa shape index (κ3) is 12.1. The first kappa shape index (κ1) is 40.4. The summed E-state index contributed by atoms with van der Waals surface area (Å²) in [5, 5.41) is 0. The van der Waals surface area contributed by atoms with E-state index in [4.69, 9.17) is 18.9 Å². The van der Waals surface area contributed by atoms with Gasteiger partial charge in [-0.1, -0.05) is 102 Å². The fourth-order valence-electron chi connectivity index (χ4n) is 5.04. The Bertz CT molecular complexity index is 2050. The Balaban J connectivity index is 1.82. The second kappa shape index (κ2) is 15.5. The van der Waals surface area contributed by atoms with E-state index >= 15 is 0 Å². The Morgan fingerprint density at radius 3 is 0.741 bits per heavy atom. The summed E-state index contributed by atoms with van der Waals surface area (Å²) >= 11 is 0. The summed E-state index contributed by atoms with van der Waals surface area (Å²) in [6.07, 6.45) is 0. The number of fused-ring (bicyclic) bond motifs is 8. The Labute approximate surface area is 328 Å². The van der Waals surface area contributed by atoms with E-state index in [1.807, 2.05) is 74.5 Å². The molecule has 4 nitrogen and oxygen atoms in total. The molecule has 1 aliphatic rings. The topological polar surface area (TPSA) is 36.9 Å². The number of aryl methyl sites for hydroxylation is 2. The van der Waals surface area contributed by atoms with E-state index in [1.54, 1.807) is 0 Å². The van der Waals surface area contributed by atoms with Gasteiger partial charge in [0.1, 0.15) is 78.3 Å². The first-order valence-corrected chi connectivity index (χ1v) is 32.4. The molecule has 8 bridgehead atoms. The van der Waals surface area contributed by atoms with E-state index in [2.05, 4.69) is 124 Å². The van der Waals surface area contributed by atoms with Crippen LogP contribution in [0.4, 0.5) is 0 Å². The number of hydrogen-bond acceptors (Lipinski definition) is 4. The van der Waals surface area contributed by atoms with Gasteiger partial charge in [0, 0.05) is 24.3 Å². The average molecular weight is 781 g/mol. The summed E-state index contributed by atoms with van der Waals surface area (Å²) in [7, 11) is -6.93. The molecule has 0 radical (unpaired) electrons. The van der Waals surface area contributed by atoms with Gasteiger partial charge >= 0.3 is 0 Å². The lowest BCUT2D eigenvalue weighted by molar-refractivity contribution is 0.437. The summed E-state index contributed by atoms with van der Waals surface area (Å²) in [4.78, 5) is 0. The molecule has 276 valence electrons. The highest BCUT2D eigenvalue weighted by Crippen LogP contribution is 2.41. The predicted molar refractivity (Wildman–Crippen MR) is 236 cm³/mol. The van der Waals surface area contributed by atoms with Gasteiger partial charge in [0.2, 0.25) is 0 Å². The third-order valence-electron chi connectivity index (χ3n) is 7.41. The van der Waals surface area contributed by atoms with Crippen molar-refractivity contribution in [3.63, 3.8) is 0 Å². The smallest absolute Gasteiger partial charge is 0.146 e. The molecule has 0 spiro atoms. The van der Waals surface area contributed by atoms with Crippen molar-refractivity contribution in [2.24, 2.45) is 0 Å². The van der Waals surface area contributed by atoms with Crippen molar-refractivity contribution >= 4 is 32.3 Å². The standard InChI is InChI=1S/C46H52O4Si4/c1-33-23-39-29-40(24-33)48-44-32-46(38(18-22-54(12,13)14)28-36(44)16-20-52(6,7)8)50-42-26-34(2)25-41(30-42)49-45-31-43(47-39)35(15-19-51(3,4)5)27-37(45)17-21-53(9,10)11/h23-32H,1-14H3. The molecule has 0 saturated carbocycles. The van der Waals surface area contributed by atoms with Gasteiger partial charge in [-0.05, 0) is 61.4 Å². The second-order valence-corrected chi connectivity index (χ2v) is 37.1. The van der Waals surface area contributed by atoms with Crippen LogP contribution >= 0.6 is 0 Å². The molecule has 4 aromatic carbocycles. The third-order valence-corrected chi connectivity index (χ3v) is 10.9. The van der Waals surface area contributed by atoms with Gasteiger partial charge in [-0.3, -0.25) is 0 Å². The van der Waals surface area contributed by atoms with Crippen LogP contribution in [0.3, 0.4) is 0 Å². The van der Waals surface area contributed by atoms with Gasteiger partial charge < -0.3 is 18.9 Å². The molecule has 0 amide bonds. The van der Waals surface area contributed by atoms with E-state index in [0.29, 0.717) is 46.0 Å². The van der Waals surface area contributed by atoms with Crippen LogP contribution in [0.2, 0.25) is 78.6 Å². The maximum absolute atomic E-state index is 6.73. The summed E-state index contributed by atoms with van der Waals surface area (Å²) in [5.74, 6) is 18.6. The minimum Gasteiger partial charge on any atom is -0.456 e. The van der Waals surface area contributed by atoms with Crippen LogP contribution in [-0.2, 0) is 0 Å². The van der Waals surface area contributed by atoms with E-state index in [1.165, 1.54) is 0 Å². The van der Waals surface area contributed by atoms with Crippen LogP contribution in [0.5, 0.6) is 46.0 Å². The fourth-order valence-corrected chi connectivity index (χ4v) is 7.08. The van der Waals surface area contributed by atoms with E-state index in [-0.39, 0.29) is 0 Å². The van der Waals surface area contributed by atoms with E-state index in [9.17, 15) is 0 Å². The zero-order valence-electron chi connectivity index (χ0n) is 34.4. The molecule has 1 heterocycles. The summed E-state index contributed by atoms with van der Waals surface area (Å²) < 4.78 is 26.9. The summed E-state index contributed by atoms with van der Waals surface area (Å²) in [5.41, 5.74) is 19.1. The highest BCUT2D eigenvalue weighted by Gasteiger charge is 2.20. The van der Waals surface area contributed by atoms with Crippen molar-refractivity contribution in [1.82, 2.24) is 0 Å². The molecular weight excluding hydrogens is 729 g/mol. The van der Waals surface area contributed by atoms with Crippen LogP contribution in [0.1, 0.15) is 33.4 Å². The molecule has 54 heavy (non-hydrogen) atoms. The minimum absolute atomic E-state index is 0.580. The van der Waals surface area contributed by atoms with Gasteiger partial charge in [0.05, 0.1) is 22.3 Å². The van der Waals surface area contributed by atoms with Gasteiger partial charge in [-0.2, -0.15) is 0 Å². The number of benzene rings is 4. The second-order valence-electron chi connectivity index (χ2n) is 18.1. The lowest BCUT2D eigenvalue weighted by Crippen LogP contribution is -2.16. The molecular formula is C46H52O4Si4. The molecule has 0 fully saturated rings. The van der Waals surface area contributed by atoms with Crippen molar-refractivity contribution in [3.8, 4) is 91.9 Å². The summed E-state index contributed by atoms with van der Waals surface area (Å²) in [6, 6.07) is 19.6. The molecule has 5 rings (SSSR count). The Hall–Kier alpha value is -4.81. The van der Waals surface area contributed by atoms with Gasteiger partial charge in [0.15, 0.2) is 0 Å². The quantitative estimate of drug-likeness (QED) is 0.116. The highest BCUT2D eigenvalue weighted by atomic mass is 28.3. The van der Waals surface area contributed by atoms with Gasteiger partial charge in [0.25, 0.3) is 0 Å².